The molecule has 2 aromatic heterocycles. The molecule has 0 radical (unpaired) electrons. The van der Waals surface area contributed by atoms with Crippen LogP contribution >= 0.6 is 0 Å². The molecular weight excluding hydrogens is 300 g/mol. The molecule has 2 atom stereocenters. The van der Waals surface area contributed by atoms with Gasteiger partial charge in [-0.25, -0.2) is 4.98 Å². The zero-order chi connectivity index (χ0) is 16.5. The van der Waals surface area contributed by atoms with Crippen LogP contribution in [0.15, 0.2) is 42.9 Å². The highest BCUT2D eigenvalue weighted by atomic mass is 16.5. The first-order valence-electron chi connectivity index (χ1n) is 8.34. The second-order valence-corrected chi connectivity index (χ2v) is 6.55. The minimum absolute atomic E-state index is 0.246. The Morgan fingerprint density at radius 2 is 2.21 bits per heavy atom. The van der Waals surface area contributed by atoms with E-state index < -0.39 is 0 Å². The van der Waals surface area contributed by atoms with Crippen LogP contribution < -0.4 is 0 Å². The van der Waals surface area contributed by atoms with Crippen molar-refractivity contribution < 1.29 is 4.74 Å². The summed E-state index contributed by atoms with van der Waals surface area (Å²) in [5.41, 5.74) is 3.53. The molecule has 124 valence electrons. The minimum atomic E-state index is 0.246. The SMILES string of the molecule is CO[C@@H]1CC(c2ncc[nH]2)N(Cc2cnc3ccc(C)cc3c2)C1. The first kappa shape index (κ1) is 15.3. The van der Waals surface area contributed by atoms with Gasteiger partial charge in [-0.05, 0) is 37.1 Å². The average Bonchev–Trinajstić information content (AvgIpc) is 3.23. The third kappa shape index (κ3) is 2.92. The molecule has 3 heterocycles. The molecule has 0 spiro atoms. The van der Waals surface area contributed by atoms with Crippen molar-refractivity contribution in [3.05, 3.63) is 59.8 Å². The third-order valence-corrected chi connectivity index (χ3v) is 4.81. The number of fused-ring (bicyclic) bond motifs is 1. The first-order chi connectivity index (χ1) is 11.7. The van der Waals surface area contributed by atoms with E-state index in [9.17, 15) is 0 Å². The quantitative estimate of drug-likeness (QED) is 0.801. The second kappa shape index (κ2) is 6.34. The molecular formula is C19H22N4O. The van der Waals surface area contributed by atoms with E-state index in [4.69, 9.17) is 4.74 Å². The number of nitrogens with zero attached hydrogens (tertiary/aromatic N) is 3. The number of hydrogen-bond donors (Lipinski definition) is 1. The van der Waals surface area contributed by atoms with Gasteiger partial charge in [0.15, 0.2) is 0 Å². The van der Waals surface area contributed by atoms with E-state index in [0.717, 1.165) is 30.9 Å². The number of pyridine rings is 1. The van der Waals surface area contributed by atoms with Gasteiger partial charge in [-0.15, -0.1) is 0 Å². The van der Waals surface area contributed by atoms with Crippen molar-refractivity contribution >= 4 is 10.9 Å². The van der Waals surface area contributed by atoms with Crippen LogP contribution in [0.2, 0.25) is 0 Å². The van der Waals surface area contributed by atoms with Gasteiger partial charge >= 0.3 is 0 Å². The molecule has 1 aliphatic heterocycles. The second-order valence-electron chi connectivity index (χ2n) is 6.55. The maximum atomic E-state index is 5.59. The van der Waals surface area contributed by atoms with Crippen molar-refractivity contribution in [1.82, 2.24) is 19.9 Å². The molecule has 1 aromatic carbocycles. The zero-order valence-corrected chi connectivity index (χ0v) is 14.1. The zero-order valence-electron chi connectivity index (χ0n) is 14.1. The molecule has 4 rings (SSSR count). The highest BCUT2D eigenvalue weighted by Gasteiger charge is 2.34. The number of aromatic nitrogens is 3. The summed E-state index contributed by atoms with van der Waals surface area (Å²) in [7, 11) is 1.79. The Morgan fingerprint density at radius 3 is 3.00 bits per heavy atom. The maximum Gasteiger partial charge on any atom is 0.123 e. The summed E-state index contributed by atoms with van der Waals surface area (Å²) in [6.07, 6.45) is 6.89. The number of aryl methyl sites for hydroxylation is 1. The molecule has 0 saturated carbocycles. The van der Waals surface area contributed by atoms with Gasteiger partial charge in [-0.3, -0.25) is 9.88 Å². The van der Waals surface area contributed by atoms with Crippen LogP contribution in [0.3, 0.4) is 0 Å². The van der Waals surface area contributed by atoms with E-state index >= 15 is 0 Å². The van der Waals surface area contributed by atoms with Crippen molar-refractivity contribution in [2.24, 2.45) is 0 Å². The summed E-state index contributed by atoms with van der Waals surface area (Å²) in [5.74, 6) is 1.01. The fraction of sp³-hybridized carbons (Fsp3) is 0.368. The number of nitrogens with one attached hydrogen (secondary N) is 1. The number of likely N-dealkylation sites (tertiary alicyclic amines) is 1. The summed E-state index contributed by atoms with van der Waals surface area (Å²) in [6, 6.07) is 8.88. The van der Waals surface area contributed by atoms with Crippen molar-refractivity contribution in [3.63, 3.8) is 0 Å². The Hall–Kier alpha value is -2.24. The van der Waals surface area contributed by atoms with E-state index in [1.54, 1.807) is 7.11 Å². The lowest BCUT2D eigenvalue weighted by Gasteiger charge is -2.22. The Balaban J connectivity index is 1.60. The lowest BCUT2D eigenvalue weighted by Crippen LogP contribution is -2.25. The summed E-state index contributed by atoms with van der Waals surface area (Å²) >= 11 is 0. The lowest BCUT2D eigenvalue weighted by molar-refractivity contribution is 0.107. The Kier molecular flexibility index (Phi) is 4.04. The number of imidazole rings is 1. The average molecular weight is 322 g/mol. The predicted octanol–water partition coefficient (Wildman–Crippen LogP) is 3.23. The molecule has 5 nitrogen and oxygen atoms in total. The van der Waals surface area contributed by atoms with Crippen molar-refractivity contribution in [1.29, 1.82) is 0 Å². The molecule has 1 unspecified atom stereocenters. The van der Waals surface area contributed by atoms with Crippen LogP contribution in [-0.4, -0.2) is 39.6 Å². The molecule has 1 N–H and O–H groups in total. The van der Waals surface area contributed by atoms with Crippen molar-refractivity contribution in [2.45, 2.75) is 32.0 Å². The molecule has 5 heteroatoms. The number of methoxy groups -OCH3 is 1. The molecule has 1 aliphatic rings. The van der Waals surface area contributed by atoms with Gasteiger partial charge in [0, 0.05) is 44.2 Å². The van der Waals surface area contributed by atoms with Gasteiger partial charge in [0.25, 0.3) is 0 Å². The lowest BCUT2D eigenvalue weighted by atomic mass is 10.1. The van der Waals surface area contributed by atoms with E-state index in [2.05, 4.69) is 51.0 Å². The number of benzene rings is 1. The van der Waals surface area contributed by atoms with Gasteiger partial charge < -0.3 is 9.72 Å². The molecule has 0 bridgehead atoms. The van der Waals surface area contributed by atoms with E-state index in [0.29, 0.717) is 0 Å². The van der Waals surface area contributed by atoms with E-state index in [1.807, 2.05) is 18.6 Å². The van der Waals surface area contributed by atoms with Gasteiger partial charge in [-0.1, -0.05) is 11.6 Å². The van der Waals surface area contributed by atoms with Crippen molar-refractivity contribution in [2.75, 3.05) is 13.7 Å². The normalized spacial score (nSPS) is 21.6. The van der Waals surface area contributed by atoms with Gasteiger partial charge in [0.05, 0.1) is 17.7 Å². The smallest absolute Gasteiger partial charge is 0.123 e. The number of H-pyrrole nitrogens is 1. The molecule has 0 aliphatic carbocycles. The number of rotatable bonds is 4. The topological polar surface area (TPSA) is 54.0 Å². The summed E-state index contributed by atoms with van der Waals surface area (Å²) < 4.78 is 5.59. The minimum Gasteiger partial charge on any atom is -0.380 e. The Labute approximate surface area is 141 Å². The van der Waals surface area contributed by atoms with Crippen LogP contribution in [0.25, 0.3) is 10.9 Å². The number of ether oxygens (including phenoxy) is 1. The summed E-state index contributed by atoms with van der Waals surface area (Å²) in [4.78, 5) is 14.7. The molecule has 0 amide bonds. The highest BCUT2D eigenvalue weighted by molar-refractivity contribution is 5.79. The van der Waals surface area contributed by atoms with Crippen LogP contribution in [0, 0.1) is 6.92 Å². The van der Waals surface area contributed by atoms with Gasteiger partial charge in [0.1, 0.15) is 5.82 Å². The van der Waals surface area contributed by atoms with Crippen LogP contribution in [0.1, 0.15) is 29.4 Å². The summed E-state index contributed by atoms with van der Waals surface area (Å²) in [6.45, 7) is 3.87. The van der Waals surface area contributed by atoms with Gasteiger partial charge in [0.2, 0.25) is 0 Å². The largest absolute Gasteiger partial charge is 0.380 e. The molecule has 1 fully saturated rings. The fourth-order valence-corrected chi connectivity index (χ4v) is 3.57. The fourth-order valence-electron chi connectivity index (χ4n) is 3.57. The summed E-state index contributed by atoms with van der Waals surface area (Å²) in [5, 5.41) is 1.20. The number of aromatic amines is 1. The Morgan fingerprint density at radius 1 is 1.29 bits per heavy atom. The van der Waals surface area contributed by atoms with Crippen molar-refractivity contribution in [3.8, 4) is 0 Å². The maximum absolute atomic E-state index is 5.59. The monoisotopic (exact) mass is 322 g/mol. The molecule has 24 heavy (non-hydrogen) atoms. The van der Waals surface area contributed by atoms with Crippen LogP contribution in [0.4, 0.5) is 0 Å². The van der Waals surface area contributed by atoms with E-state index in [1.165, 1.54) is 16.5 Å². The number of hydrogen-bond acceptors (Lipinski definition) is 4. The molecule has 1 saturated heterocycles. The third-order valence-electron chi connectivity index (χ3n) is 4.81. The standard InChI is InChI=1S/C19H22N4O/c1-13-3-4-17-15(7-13)8-14(10-22-17)11-23-12-16(24-2)9-18(23)19-20-5-6-21-19/h3-8,10,16,18H,9,11-12H2,1-2H3,(H,20,21)/t16-,18?/m1/s1. The molecule has 3 aromatic rings. The van der Waals surface area contributed by atoms with E-state index in [-0.39, 0.29) is 12.1 Å². The van der Waals surface area contributed by atoms with Gasteiger partial charge in [-0.2, -0.15) is 0 Å². The first-order valence-corrected chi connectivity index (χ1v) is 8.34. The Bertz CT molecular complexity index is 831. The van der Waals surface area contributed by atoms with Crippen LogP contribution in [-0.2, 0) is 11.3 Å². The predicted molar refractivity (Wildman–Crippen MR) is 93.6 cm³/mol. The highest BCUT2D eigenvalue weighted by Crippen LogP contribution is 2.33. The van der Waals surface area contributed by atoms with Crippen LogP contribution in [0.5, 0.6) is 0 Å².